The maximum atomic E-state index is 12.1. The van der Waals surface area contributed by atoms with Crippen LogP contribution in [0.4, 0.5) is 0 Å². The van der Waals surface area contributed by atoms with E-state index in [1.165, 1.54) is 0 Å². The molecule has 1 saturated heterocycles. The lowest BCUT2D eigenvalue weighted by Gasteiger charge is -2.23. The summed E-state index contributed by atoms with van der Waals surface area (Å²) in [4.78, 5) is 12.1. The summed E-state index contributed by atoms with van der Waals surface area (Å²) in [6.07, 6.45) is 1.91. The fraction of sp³-hybridized carbons (Fsp3) is 0.357. The molecular weight excluding hydrogens is 264 g/mol. The van der Waals surface area contributed by atoms with Crippen LogP contribution in [-0.4, -0.2) is 25.0 Å². The molecule has 0 unspecified atom stereocenters. The second kappa shape index (κ2) is 5.23. The maximum Gasteiger partial charge on any atom is 0.287 e. The summed E-state index contributed by atoms with van der Waals surface area (Å²) in [6.45, 7) is 1.89. The minimum atomic E-state index is -0.153. The summed E-state index contributed by atoms with van der Waals surface area (Å²) >= 11 is 5.91. The van der Waals surface area contributed by atoms with E-state index in [0.29, 0.717) is 16.4 Å². The molecule has 1 aliphatic heterocycles. The van der Waals surface area contributed by atoms with Crippen molar-refractivity contribution in [3.8, 4) is 0 Å². The van der Waals surface area contributed by atoms with Gasteiger partial charge >= 0.3 is 0 Å². The van der Waals surface area contributed by atoms with E-state index >= 15 is 0 Å². The monoisotopic (exact) mass is 278 g/mol. The van der Waals surface area contributed by atoms with Crippen LogP contribution in [0.25, 0.3) is 11.0 Å². The van der Waals surface area contributed by atoms with Gasteiger partial charge in [-0.1, -0.05) is 11.6 Å². The normalized spacial score (nSPS) is 16.7. The Morgan fingerprint density at radius 3 is 2.89 bits per heavy atom. The fourth-order valence-corrected chi connectivity index (χ4v) is 2.53. The molecule has 0 spiro atoms. The largest absolute Gasteiger partial charge is 0.451 e. The van der Waals surface area contributed by atoms with Gasteiger partial charge in [-0.25, -0.2) is 0 Å². The van der Waals surface area contributed by atoms with Crippen LogP contribution in [0, 0.1) is 0 Å². The number of halogens is 1. The number of nitrogens with one attached hydrogen (secondary N) is 2. The molecule has 4 nitrogen and oxygen atoms in total. The Morgan fingerprint density at radius 1 is 1.32 bits per heavy atom. The minimum Gasteiger partial charge on any atom is -0.451 e. The Bertz CT molecular complexity index is 603. The number of carbonyl (C=O) groups is 1. The van der Waals surface area contributed by atoms with Gasteiger partial charge in [-0.3, -0.25) is 4.79 Å². The molecule has 5 heteroatoms. The maximum absolute atomic E-state index is 12.1. The SMILES string of the molecule is O=C(NC1CCNCC1)c1cc2cc(Cl)ccc2o1. The number of amides is 1. The van der Waals surface area contributed by atoms with Crippen LogP contribution < -0.4 is 10.6 Å². The molecule has 2 aromatic rings. The lowest BCUT2D eigenvalue weighted by molar-refractivity contribution is 0.0903. The van der Waals surface area contributed by atoms with Crippen molar-refractivity contribution in [1.29, 1.82) is 0 Å². The molecule has 0 radical (unpaired) electrons. The van der Waals surface area contributed by atoms with Crippen molar-refractivity contribution in [2.45, 2.75) is 18.9 Å². The van der Waals surface area contributed by atoms with Crippen LogP contribution in [0.5, 0.6) is 0 Å². The Hall–Kier alpha value is -1.52. The second-order valence-electron chi connectivity index (χ2n) is 4.79. The number of carbonyl (C=O) groups excluding carboxylic acids is 1. The van der Waals surface area contributed by atoms with Crippen molar-refractivity contribution in [2.24, 2.45) is 0 Å². The number of furan rings is 1. The average molecular weight is 279 g/mol. The zero-order valence-corrected chi connectivity index (χ0v) is 11.2. The van der Waals surface area contributed by atoms with E-state index in [1.54, 1.807) is 24.3 Å². The van der Waals surface area contributed by atoms with E-state index in [1.807, 2.05) is 0 Å². The van der Waals surface area contributed by atoms with Crippen molar-refractivity contribution in [1.82, 2.24) is 10.6 Å². The van der Waals surface area contributed by atoms with E-state index < -0.39 is 0 Å². The summed E-state index contributed by atoms with van der Waals surface area (Å²) in [7, 11) is 0. The van der Waals surface area contributed by atoms with Gasteiger partial charge in [0.25, 0.3) is 5.91 Å². The Morgan fingerprint density at radius 2 is 2.11 bits per heavy atom. The minimum absolute atomic E-state index is 0.153. The molecule has 1 fully saturated rings. The topological polar surface area (TPSA) is 54.3 Å². The average Bonchev–Trinajstić information content (AvgIpc) is 2.83. The van der Waals surface area contributed by atoms with Crippen LogP contribution in [0.15, 0.2) is 28.7 Å². The van der Waals surface area contributed by atoms with E-state index in [9.17, 15) is 4.79 Å². The van der Waals surface area contributed by atoms with Gasteiger partial charge in [-0.2, -0.15) is 0 Å². The smallest absolute Gasteiger partial charge is 0.287 e. The molecule has 100 valence electrons. The van der Waals surface area contributed by atoms with E-state index in [2.05, 4.69) is 10.6 Å². The standard InChI is InChI=1S/C14H15ClN2O2/c15-10-1-2-12-9(7-10)8-13(19-12)14(18)17-11-3-5-16-6-4-11/h1-2,7-8,11,16H,3-6H2,(H,17,18). The first kappa shape index (κ1) is 12.5. The highest BCUT2D eigenvalue weighted by Crippen LogP contribution is 2.23. The summed E-state index contributed by atoms with van der Waals surface area (Å²) in [5, 5.41) is 7.76. The van der Waals surface area contributed by atoms with Crippen LogP contribution in [0.3, 0.4) is 0 Å². The lowest BCUT2D eigenvalue weighted by Crippen LogP contribution is -2.42. The number of rotatable bonds is 2. The molecule has 2 N–H and O–H groups in total. The number of hydrogen-bond donors (Lipinski definition) is 2. The number of benzene rings is 1. The number of hydrogen-bond acceptors (Lipinski definition) is 3. The molecule has 0 atom stereocenters. The highest BCUT2D eigenvalue weighted by atomic mass is 35.5. The second-order valence-corrected chi connectivity index (χ2v) is 5.23. The summed E-state index contributed by atoms with van der Waals surface area (Å²) < 4.78 is 5.54. The first-order chi connectivity index (χ1) is 9.22. The molecular formula is C14H15ClN2O2. The van der Waals surface area contributed by atoms with Crippen molar-refractivity contribution < 1.29 is 9.21 Å². The molecule has 0 bridgehead atoms. The van der Waals surface area contributed by atoms with Crippen molar-refractivity contribution in [3.05, 3.63) is 35.0 Å². The van der Waals surface area contributed by atoms with Gasteiger partial charge in [-0.05, 0) is 50.2 Å². The van der Waals surface area contributed by atoms with Gasteiger partial charge < -0.3 is 15.1 Å². The number of fused-ring (bicyclic) bond motifs is 1. The Labute approximate surface area is 116 Å². The summed E-state index contributed by atoms with van der Waals surface area (Å²) in [5.74, 6) is 0.190. The molecule has 1 amide bonds. The first-order valence-corrected chi connectivity index (χ1v) is 6.81. The highest BCUT2D eigenvalue weighted by molar-refractivity contribution is 6.31. The fourth-order valence-electron chi connectivity index (χ4n) is 2.35. The van der Waals surface area contributed by atoms with Crippen LogP contribution >= 0.6 is 11.6 Å². The predicted molar refractivity (Wildman–Crippen MR) is 74.6 cm³/mol. The van der Waals surface area contributed by atoms with Gasteiger partial charge in [-0.15, -0.1) is 0 Å². The molecule has 1 aromatic heterocycles. The van der Waals surface area contributed by atoms with Gasteiger partial charge in [0.1, 0.15) is 5.58 Å². The molecule has 3 rings (SSSR count). The summed E-state index contributed by atoms with van der Waals surface area (Å²) in [5.41, 5.74) is 0.680. The van der Waals surface area contributed by atoms with Gasteiger partial charge in [0, 0.05) is 16.5 Å². The molecule has 0 saturated carbocycles. The Balaban J connectivity index is 1.77. The highest BCUT2D eigenvalue weighted by Gasteiger charge is 2.18. The first-order valence-electron chi connectivity index (χ1n) is 6.43. The lowest BCUT2D eigenvalue weighted by atomic mass is 10.1. The summed E-state index contributed by atoms with van der Waals surface area (Å²) in [6, 6.07) is 7.28. The van der Waals surface area contributed by atoms with Gasteiger partial charge in [0.2, 0.25) is 0 Å². The van der Waals surface area contributed by atoms with E-state index in [-0.39, 0.29) is 11.9 Å². The van der Waals surface area contributed by atoms with Crippen LogP contribution in [-0.2, 0) is 0 Å². The Kier molecular flexibility index (Phi) is 3.44. The van der Waals surface area contributed by atoms with Gasteiger partial charge in [0.15, 0.2) is 5.76 Å². The third kappa shape index (κ3) is 2.74. The molecule has 1 aromatic carbocycles. The van der Waals surface area contributed by atoms with Crippen molar-refractivity contribution in [2.75, 3.05) is 13.1 Å². The number of piperidine rings is 1. The third-order valence-corrected chi connectivity index (χ3v) is 3.61. The molecule has 19 heavy (non-hydrogen) atoms. The van der Waals surface area contributed by atoms with Crippen LogP contribution in [0.1, 0.15) is 23.4 Å². The van der Waals surface area contributed by atoms with Crippen LogP contribution in [0.2, 0.25) is 5.02 Å². The predicted octanol–water partition coefficient (Wildman–Crippen LogP) is 2.57. The van der Waals surface area contributed by atoms with E-state index in [0.717, 1.165) is 31.3 Å². The molecule has 2 heterocycles. The zero-order valence-electron chi connectivity index (χ0n) is 10.4. The van der Waals surface area contributed by atoms with Crippen molar-refractivity contribution >= 4 is 28.5 Å². The van der Waals surface area contributed by atoms with Crippen molar-refractivity contribution in [3.63, 3.8) is 0 Å². The third-order valence-electron chi connectivity index (χ3n) is 3.38. The quantitative estimate of drug-likeness (QED) is 0.888. The van der Waals surface area contributed by atoms with Gasteiger partial charge in [0.05, 0.1) is 0 Å². The molecule has 0 aliphatic carbocycles. The molecule has 1 aliphatic rings. The zero-order chi connectivity index (χ0) is 13.2. The van der Waals surface area contributed by atoms with E-state index in [4.69, 9.17) is 16.0 Å².